The van der Waals surface area contributed by atoms with Crippen LogP contribution in [0.4, 0.5) is 10.5 Å². The van der Waals surface area contributed by atoms with Gasteiger partial charge in [0.1, 0.15) is 17.9 Å². The first-order valence-corrected chi connectivity index (χ1v) is 9.71. The van der Waals surface area contributed by atoms with Crippen LogP contribution in [0.3, 0.4) is 0 Å². The van der Waals surface area contributed by atoms with Gasteiger partial charge in [-0.15, -0.1) is 0 Å². The Morgan fingerprint density at radius 3 is 2.60 bits per heavy atom. The fourth-order valence-corrected chi connectivity index (χ4v) is 3.27. The van der Waals surface area contributed by atoms with E-state index in [9.17, 15) is 14.4 Å². The molecule has 1 aromatic heterocycles. The molecule has 2 aromatic carbocycles. The van der Waals surface area contributed by atoms with Gasteiger partial charge < -0.3 is 18.6 Å². The molecule has 0 aliphatic carbocycles. The Hall–Kier alpha value is -3.33. The van der Waals surface area contributed by atoms with Crippen molar-refractivity contribution < 1.29 is 28.2 Å². The monoisotopic (exact) mass is 475 g/mol. The molecular formula is C21H18BrNO7. The van der Waals surface area contributed by atoms with Crippen LogP contribution in [0, 0.1) is 0 Å². The van der Waals surface area contributed by atoms with Gasteiger partial charge in [-0.1, -0.05) is 0 Å². The SMILES string of the molecule is CCOC(=O)Nc1ccc2c(COC(=O)c3ccc(OC)c(Br)c3)cc(=O)oc2c1. The van der Waals surface area contributed by atoms with Crippen molar-refractivity contribution in [3.05, 3.63) is 68.5 Å². The molecule has 3 aromatic rings. The molecule has 8 nitrogen and oxygen atoms in total. The largest absolute Gasteiger partial charge is 0.496 e. The van der Waals surface area contributed by atoms with E-state index in [1.807, 2.05) is 0 Å². The predicted molar refractivity (Wildman–Crippen MR) is 113 cm³/mol. The summed E-state index contributed by atoms with van der Waals surface area (Å²) in [5.41, 5.74) is 0.853. The number of carbonyl (C=O) groups excluding carboxylic acids is 2. The number of benzene rings is 2. The zero-order valence-electron chi connectivity index (χ0n) is 16.2. The third-order valence-corrected chi connectivity index (χ3v) is 4.72. The standard InChI is InChI=1S/C21H18BrNO7/c1-3-28-21(26)23-14-5-6-15-13(9-19(24)30-18(15)10-14)11-29-20(25)12-4-7-17(27-2)16(22)8-12/h4-10H,3,11H2,1-2H3,(H,23,26). The highest BCUT2D eigenvalue weighted by Crippen LogP contribution is 2.26. The van der Waals surface area contributed by atoms with Gasteiger partial charge in [0.2, 0.25) is 0 Å². The van der Waals surface area contributed by atoms with Gasteiger partial charge in [0.05, 0.1) is 23.8 Å². The lowest BCUT2D eigenvalue weighted by Crippen LogP contribution is -2.13. The summed E-state index contributed by atoms with van der Waals surface area (Å²) in [5.74, 6) is 0.0331. The molecule has 1 heterocycles. The maximum atomic E-state index is 12.4. The molecule has 0 atom stereocenters. The van der Waals surface area contributed by atoms with E-state index < -0.39 is 17.7 Å². The lowest BCUT2D eigenvalue weighted by molar-refractivity contribution is 0.0473. The number of ether oxygens (including phenoxy) is 3. The van der Waals surface area contributed by atoms with Gasteiger partial charge in [-0.25, -0.2) is 14.4 Å². The van der Waals surface area contributed by atoms with E-state index in [4.69, 9.17) is 18.6 Å². The maximum absolute atomic E-state index is 12.4. The molecule has 1 N–H and O–H groups in total. The average Bonchev–Trinajstić information content (AvgIpc) is 2.71. The highest BCUT2D eigenvalue weighted by Gasteiger charge is 2.13. The third kappa shape index (κ3) is 4.98. The Morgan fingerprint density at radius 1 is 1.10 bits per heavy atom. The van der Waals surface area contributed by atoms with Crippen LogP contribution in [0.25, 0.3) is 11.0 Å². The Bertz CT molecular complexity index is 1160. The van der Waals surface area contributed by atoms with Gasteiger partial charge >= 0.3 is 17.7 Å². The Labute approximate surface area is 179 Å². The summed E-state index contributed by atoms with van der Waals surface area (Å²) < 4.78 is 21.2. The molecule has 3 rings (SSSR count). The summed E-state index contributed by atoms with van der Waals surface area (Å²) in [6, 6.07) is 10.9. The van der Waals surface area contributed by atoms with Crippen molar-refractivity contribution in [2.24, 2.45) is 0 Å². The molecule has 0 radical (unpaired) electrons. The fourth-order valence-electron chi connectivity index (χ4n) is 2.73. The molecule has 9 heteroatoms. The molecule has 156 valence electrons. The van der Waals surface area contributed by atoms with E-state index in [2.05, 4.69) is 21.2 Å². The van der Waals surface area contributed by atoms with Crippen molar-refractivity contribution in [2.75, 3.05) is 19.0 Å². The summed E-state index contributed by atoms with van der Waals surface area (Å²) >= 11 is 3.32. The second-order valence-electron chi connectivity index (χ2n) is 6.07. The van der Waals surface area contributed by atoms with Crippen LogP contribution in [0.1, 0.15) is 22.8 Å². The van der Waals surface area contributed by atoms with Crippen molar-refractivity contribution in [3.8, 4) is 5.75 Å². The van der Waals surface area contributed by atoms with Crippen LogP contribution in [0.15, 0.2) is 56.1 Å². The number of carbonyl (C=O) groups is 2. The first kappa shape index (κ1) is 21.4. The zero-order chi connectivity index (χ0) is 21.7. The van der Waals surface area contributed by atoms with Crippen LogP contribution in [-0.4, -0.2) is 25.8 Å². The fraction of sp³-hybridized carbons (Fsp3) is 0.190. The number of halogens is 1. The Balaban J connectivity index is 1.80. The second-order valence-corrected chi connectivity index (χ2v) is 6.93. The quantitative estimate of drug-likeness (QED) is 0.413. The predicted octanol–water partition coefficient (Wildman–Crippen LogP) is 4.49. The van der Waals surface area contributed by atoms with Gasteiger partial charge in [-0.2, -0.15) is 0 Å². The van der Waals surface area contributed by atoms with E-state index in [1.165, 1.54) is 19.2 Å². The van der Waals surface area contributed by atoms with E-state index in [1.54, 1.807) is 37.3 Å². The summed E-state index contributed by atoms with van der Waals surface area (Å²) in [6.45, 7) is 1.79. The normalized spacial score (nSPS) is 10.5. The van der Waals surface area contributed by atoms with E-state index in [0.29, 0.717) is 32.4 Å². The topological polar surface area (TPSA) is 104 Å². The average molecular weight is 476 g/mol. The van der Waals surface area contributed by atoms with Crippen molar-refractivity contribution >= 4 is 44.6 Å². The van der Waals surface area contributed by atoms with Gasteiger partial charge in [0.15, 0.2) is 0 Å². The van der Waals surface area contributed by atoms with Gasteiger partial charge in [-0.05, 0) is 53.2 Å². The number of rotatable bonds is 6. The molecule has 0 bridgehead atoms. The molecule has 1 amide bonds. The van der Waals surface area contributed by atoms with Crippen molar-refractivity contribution in [1.82, 2.24) is 0 Å². The van der Waals surface area contributed by atoms with E-state index in [0.717, 1.165) is 0 Å². The second kappa shape index (κ2) is 9.45. The molecule has 0 aliphatic heterocycles. The molecule has 0 aliphatic rings. The number of methoxy groups -OCH3 is 1. The summed E-state index contributed by atoms with van der Waals surface area (Å²) in [6.07, 6.45) is -0.616. The van der Waals surface area contributed by atoms with Crippen LogP contribution in [-0.2, 0) is 16.1 Å². The first-order chi connectivity index (χ1) is 14.4. The minimum absolute atomic E-state index is 0.130. The summed E-state index contributed by atoms with van der Waals surface area (Å²) in [7, 11) is 1.53. The third-order valence-electron chi connectivity index (χ3n) is 4.10. The lowest BCUT2D eigenvalue weighted by atomic mass is 10.1. The Kier molecular flexibility index (Phi) is 6.73. The molecule has 0 saturated heterocycles. The molecule has 0 unspecified atom stereocenters. The van der Waals surface area contributed by atoms with E-state index in [-0.39, 0.29) is 18.8 Å². The highest BCUT2D eigenvalue weighted by atomic mass is 79.9. The number of nitrogens with one attached hydrogen (secondary N) is 1. The zero-order valence-corrected chi connectivity index (χ0v) is 17.8. The number of fused-ring (bicyclic) bond motifs is 1. The Morgan fingerprint density at radius 2 is 1.90 bits per heavy atom. The van der Waals surface area contributed by atoms with Gasteiger partial charge in [-0.3, -0.25) is 5.32 Å². The maximum Gasteiger partial charge on any atom is 0.411 e. The number of amides is 1. The minimum Gasteiger partial charge on any atom is -0.496 e. The smallest absolute Gasteiger partial charge is 0.411 e. The van der Waals surface area contributed by atoms with Crippen molar-refractivity contribution in [3.63, 3.8) is 0 Å². The molecule has 0 fully saturated rings. The molecule has 0 saturated carbocycles. The highest BCUT2D eigenvalue weighted by molar-refractivity contribution is 9.10. The van der Waals surface area contributed by atoms with Gasteiger partial charge in [0, 0.05) is 28.8 Å². The number of esters is 1. The van der Waals surface area contributed by atoms with Gasteiger partial charge in [0.25, 0.3) is 0 Å². The van der Waals surface area contributed by atoms with Crippen LogP contribution in [0.2, 0.25) is 0 Å². The van der Waals surface area contributed by atoms with Crippen molar-refractivity contribution in [1.29, 1.82) is 0 Å². The molecule has 0 spiro atoms. The molecule has 30 heavy (non-hydrogen) atoms. The number of hydrogen-bond acceptors (Lipinski definition) is 7. The summed E-state index contributed by atoms with van der Waals surface area (Å²) in [4.78, 5) is 35.9. The summed E-state index contributed by atoms with van der Waals surface area (Å²) in [5, 5.41) is 3.11. The first-order valence-electron chi connectivity index (χ1n) is 8.92. The van der Waals surface area contributed by atoms with Crippen LogP contribution < -0.4 is 15.7 Å². The minimum atomic E-state index is -0.616. The van der Waals surface area contributed by atoms with Crippen LogP contribution in [0.5, 0.6) is 5.75 Å². The number of anilines is 1. The van der Waals surface area contributed by atoms with E-state index >= 15 is 0 Å². The molecular weight excluding hydrogens is 458 g/mol. The van der Waals surface area contributed by atoms with Crippen molar-refractivity contribution in [2.45, 2.75) is 13.5 Å². The number of hydrogen-bond donors (Lipinski definition) is 1. The lowest BCUT2D eigenvalue weighted by Gasteiger charge is -2.10. The van der Waals surface area contributed by atoms with Crippen LogP contribution >= 0.6 is 15.9 Å².